The summed E-state index contributed by atoms with van der Waals surface area (Å²) in [6.45, 7) is 9.07. The number of fused-ring (bicyclic) bond motifs is 3. The minimum atomic E-state index is -0.0831. The fourth-order valence-electron chi connectivity index (χ4n) is 3.94. The van der Waals surface area contributed by atoms with Gasteiger partial charge in [0.15, 0.2) is 0 Å². The highest BCUT2D eigenvalue weighted by atomic mass is 16.2. The molecule has 3 heterocycles. The molecule has 1 saturated heterocycles. The maximum Gasteiger partial charge on any atom is 0.277 e. The molecule has 1 aliphatic heterocycles. The number of aromatic nitrogens is 3. The van der Waals surface area contributed by atoms with Crippen LogP contribution in [0.25, 0.3) is 16.6 Å². The molecule has 0 atom stereocenters. The van der Waals surface area contributed by atoms with E-state index in [2.05, 4.69) is 16.9 Å². The lowest BCUT2D eigenvalue weighted by molar-refractivity contribution is 0.0637. The Morgan fingerprint density at radius 1 is 1.04 bits per heavy atom. The van der Waals surface area contributed by atoms with Gasteiger partial charge in [-0.25, -0.2) is 4.52 Å². The molecule has 1 aromatic carbocycles. The number of piperazine rings is 1. The third-order valence-electron chi connectivity index (χ3n) is 5.36. The lowest BCUT2D eigenvalue weighted by Gasteiger charge is -2.34. The third-order valence-corrected chi connectivity index (χ3v) is 5.36. The highest BCUT2D eigenvalue weighted by molar-refractivity contribution is 5.97. The zero-order valence-electron chi connectivity index (χ0n) is 15.9. The Morgan fingerprint density at radius 2 is 1.81 bits per heavy atom. The van der Waals surface area contributed by atoms with Crippen LogP contribution < -0.4 is 5.56 Å². The second-order valence-corrected chi connectivity index (χ2v) is 7.01. The number of benzene rings is 1. The Balaban J connectivity index is 1.70. The molecule has 0 spiro atoms. The van der Waals surface area contributed by atoms with Crippen molar-refractivity contribution in [3.8, 4) is 0 Å². The maximum absolute atomic E-state index is 13.0. The van der Waals surface area contributed by atoms with Crippen LogP contribution in [0.15, 0.2) is 35.3 Å². The number of rotatable bonds is 4. The van der Waals surface area contributed by atoms with E-state index in [1.807, 2.05) is 30.0 Å². The molecule has 0 N–H and O–H groups in total. The van der Waals surface area contributed by atoms with E-state index in [4.69, 9.17) is 0 Å². The second-order valence-electron chi connectivity index (χ2n) is 7.01. The van der Waals surface area contributed by atoms with E-state index < -0.39 is 0 Å². The van der Waals surface area contributed by atoms with Gasteiger partial charge in [-0.2, -0.15) is 5.10 Å². The van der Waals surface area contributed by atoms with Crippen molar-refractivity contribution in [3.63, 3.8) is 0 Å². The van der Waals surface area contributed by atoms with Gasteiger partial charge >= 0.3 is 0 Å². The standard InChI is InChI=1S/C20H25N5O2/c1-3-9-22-10-12-23(13-11-22)19(26)15-5-6-16-18(14-15)24(4-2)20(27)17-7-8-21-25(16)17/h5-8,14H,3-4,9-13H2,1-2H3. The van der Waals surface area contributed by atoms with E-state index in [1.54, 1.807) is 21.3 Å². The molecule has 4 rings (SSSR count). The molecule has 0 aliphatic carbocycles. The molecule has 1 fully saturated rings. The third kappa shape index (κ3) is 3.02. The highest BCUT2D eigenvalue weighted by Crippen LogP contribution is 2.18. The van der Waals surface area contributed by atoms with Crippen molar-refractivity contribution in [2.24, 2.45) is 0 Å². The van der Waals surface area contributed by atoms with Gasteiger partial charge < -0.3 is 9.47 Å². The second kappa shape index (κ2) is 7.15. The van der Waals surface area contributed by atoms with Gasteiger partial charge in [-0.3, -0.25) is 14.5 Å². The number of hydrogen-bond acceptors (Lipinski definition) is 4. The molecule has 0 saturated carbocycles. The van der Waals surface area contributed by atoms with Crippen molar-refractivity contribution in [2.45, 2.75) is 26.8 Å². The number of hydrogen-bond donors (Lipinski definition) is 0. The first-order valence-corrected chi connectivity index (χ1v) is 9.66. The summed E-state index contributed by atoms with van der Waals surface area (Å²) in [4.78, 5) is 30.0. The smallest absolute Gasteiger partial charge is 0.277 e. The van der Waals surface area contributed by atoms with Crippen molar-refractivity contribution in [3.05, 3.63) is 46.4 Å². The zero-order valence-corrected chi connectivity index (χ0v) is 15.9. The Labute approximate surface area is 157 Å². The topological polar surface area (TPSA) is 62.8 Å². The van der Waals surface area contributed by atoms with Crippen molar-refractivity contribution in [2.75, 3.05) is 32.7 Å². The van der Waals surface area contributed by atoms with Gasteiger partial charge in [0.2, 0.25) is 0 Å². The van der Waals surface area contributed by atoms with Crippen molar-refractivity contribution in [1.82, 2.24) is 24.0 Å². The Kier molecular flexibility index (Phi) is 4.70. The molecule has 3 aromatic rings. The van der Waals surface area contributed by atoms with Gasteiger partial charge in [-0.1, -0.05) is 6.92 Å². The number of amides is 1. The van der Waals surface area contributed by atoms with Gasteiger partial charge in [0.1, 0.15) is 5.52 Å². The largest absolute Gasteiger partial charge is 0.336 e. The normalized spacial score (nSPS) is 15.7. The Bertz CT molecular complexity index is 1040. The summed E-state index contributed by atoms with van der Waals surface area (Å²) < 4.78 is 3.36. The van der Waals surface area contributed by atoms with Crippen molar-refractivity contribution >= 4 is 22.5 Å². The molecule has 2 aromatic heterocycles. The predicted molar refractivity (Wildman–Crippen MR) is 105 cm³/mol. The summed E-state index contributed by atoms with van der Waals surface area (Å²) in [6, 6.07) is 7.29. The van der Waals surface area contributed by atoms with Crippen LogP contribution >= 0.6 is 0 Å². The summed E-state index contributed by atoms with van der Waals surface area (Å²) in [7, 11) is 0. The SMILES string of the molecule is CCCN1CCN(C(=O)c2ccc3c(c2)n(CC)c(=O)c2ccnn23)CC1. The van der Waals surface area contributed by atoms with Gasteiger partial charge in [-0.15, -0.1) is 0 Å². The number of aryl methyl sites for hydroxylation is 1. The number of nitrogens with zero attached hydrogens (tertiary/aromatic N) is 5. The van der Waals surface area contributed by atoms with Crippen molar-refractivity contribution in [1.29, 1.82) is 0 Å². The highest BCUT2D eigenvalue weighted by Gasteiger charge is 2.22. The first-order chi connectivity index (χ1) is 13.1. The molecule has 27 heavy (non-hydrogen) atoms. The molecular formula is C20H25N5O2. The van der Waals surface area contributed by atoms with E-state index in [0.29, 0.717) is 17.6 Å². The van der Waals surface area contributed by atoms with E-state index >= 15 is 0 Å². The summed E-state index contributed by atoms with van der Waals surface area (Å²) in [5.41, 5.74) is 2.67. The monoisotopic (exact) mass is 367 g/mol. The molecule has 0 unspecified atom stereocenters. The average Bonchev–Trinajstić information content (AvgIpc) is 3.19. The molecule has 0 bridgehead atoms. The number of carbonyl (C=O) groups is 1. The molecular weight excluding hydrogens is 342 g/mol. The van der Waals surface area contributed by atoms with Gasteiger partial charge in [0.25, 0.3) is 11.5 Å². The Hall–Kier alpha value is -2.67. The van der Waals surface area contributed by atoms with E-state index in [1.165, 1.54) is 0 Å². The van der Waals surface area contributed by atoms with Gasteiger partial charge in [-0.05, 0) is 44.2 Å². The van der Waals surface area contributed by atoms with E-state index in [0.717, 1.165) is 50.2 Å². The van der Waals surface area contributed by atoms with Crippen LogP contribution in [-0.2, 0) is 6.54 Å². The van der Waals surface area contributed by atoms with Crippen LogP contribution in [0.5, 0.6) is 0 Å². The lowest BCUT2D eigenvalue weighted by atomic mass is 10.1. The molecule has 7 heteroatoms. The van der Waals surface area contributed by atoms with Gasteiger partial charge in [0, 0.05) is 38.3 Å². The predicted octanol–water partition coefficient (Wildman–Crippen LogP) is 1.84. The summed E-state index contributed by atoms with van der Waals surface area (Å²) >= 11 is 0. The molecule has 1 amide bonds. The maximum atomic E-state index is 13.0. The first kappa shape index (κ1) is 17.7. The van der Waals surface area contributed by atoms with Crippen LogP contribution in [-0.4, -0.2) is 62.6 Å². The molecule has 0 radical (unpaired) electrons. The molecule has 7 nitrogen and oxygen atoms in total. The molecule has 1 aliphatic rings. The quantitative estimate of drug-likeness (QED) is 0.706. The van der Waals surface area contributed by atoms with Crippen molar-refractivity contribution < 1.29 is 4.79 Å². The van der Waals surface area contributed by atoms with E-state index in [9.17, 15) is 9.59 Å². The summed E-state index contributed by atoms with van der Waals surface area (Å²) in [5.74, 6) is 0.0312. The average molecular weight is 367 g/mol. The van der Waals surface area contributed by atoms with Crippen LogP contribution in [0.2, 0.25) is 0 Å². The molecule has 142 valence electrons. The zero-order chi connectivity index (χ0) is 19.0. The Morgan fingerprint density at radius 3 is 2.52 bits per heavy atom. The minimum absolute atomic E-state index is 0.0312. The number of carbonyl (C=O) groups excluding carboxylic acids is 1. The fraction of sp³-hybridized carbons (Fsp3) is 0.450. The fourth-order valence-corrected chi connectivity index (χ4v) is 3.94. The van der Waals surface area contributed by atoms with E-state index in [-0.39, 0.29) is 11.5 Å². The minimum Gasteiger partial charge on any atom is -0.336 e. The summed E-state index contributed by atoms with van der Waals surface area (Å²) in [6.07, 6.45) is 2.76. The van der Waals surface area contributed by atoms with Crippen LogP contribution in [0, 0.1) is 0 Å². The first-order valence-electron chi connectivity index (χ1n) is 9.66. The van der Waals surface area contributed by atoms with Crippen LogP contribution in [0.4, 0.5) is 0 Å². The lowest BCUT2D eigenvalue weighted by Crippen LogP contribution is -2.48. The van der Waals surface area contributed by atoms with Gasteiger partial charge in [0.05, 0.1) is 17.2 Å². The summed E-state index contributed by atoms with van der Waals surface area (Å²) in [5, 5.41) is 4.28. The van der Waals surface area contributed by atoms with Crippen LogP contribution in [0.1, 0.15) is 30.6 Å². The van der Waals surface area contributed by atoms with Crippen LogP contribution in [0.3, 0.4) is 0 Å².